The summed E-state index contributed by atoms with van der Waals surface area (Å²) in [5.74, 6) is 0. The second kappa shape index (κ2) is 5.45. The van der Waals surface area contributed by atoms with E-state index in [2.05, 4.69) is 24.1 Å². The summed E-state index contributed by atoms with van der Waals surface area (Å²) in [6, 6.07) is 5.86. The molecular weight excluding hydrogens is 238 g/mol. The molecule has 102 valence electrons. The van der Waals surface area contributed by atoms with Gasteiger partial charge in [-0.15, -0.1) is 0 Å². The number of benzene rings is 1. The largest absolute Gasteiger partial charge is 0.397 e. The first-order valence-electron chi connectivity index (χ1n) is 6.67. The number of hydrogen-bond acceptors (Lipinski definition) is 4. The molecule has 2 rings (SSSR count). The SMILES string of the molecule is CCC(CC)(CO)Nc1ccc2cnccc2c1N. The lowest BCUT2D eigenvalue weighted by Gasteiger charge is -2.32. The van der Waals surface area contributed by atoms with E-state index in [0.29, 0.717) is 5.69 Å². The highest BCUT2D eigenvalue weighted by molar-refractivity contribution is 5.98. The van der Waals surface area contributed by atoms with Crippen LogP contribution in [0.25, 0.3) is 10.8 Å². The van der Waals surface area contributed by atoms with Crippen molar-refractivity contribution in [3.05, 3.63) is 30.6 Å². The summed E-state index contributed by atoms with van der Waals surface area (Å²) in [7, 11) is 0. The maximum atomic E-state index is 9.63. The van der Waals surface area contributed by atoms with Gasteiger partial charge in [0.25, 0.3) is 0 Å². The molecule has 0 unspecified atom stereocenters. The van der Waals surface area contributed by atoms with Gasteiger partial charge in [0.1, 0.15) is 0 Å². The number of pyridine rings is 1. The van der Waals surface area contributed by atoms with E-state index in [1.54, 1.807) is 12.4 Å². The number of nitrogens with one attached hydrogen (secondary N) is 1. The lowest BCUT2D eigenvalue weighted by atomic mass is 9.93. The number of aliphatic hydroxyl groups is 1. The molecular formula is C15H21N3O. The predicted octanol–water partition coefficient (Wildman–Crippen LogP) is 2.78. The van der Waals surface area contributed by atoms with E-state index in [1.165, 1.54) is 0 Å². The van der Waals surface area contributed by atoms with E-state index >= 15 is 0 Å². The molecule has 19 heavy (non-hydrogen) atoms. The Morgan fingerprint density at radius 3 is 2.63 bits per heavy atom. The summed E-state index contributed by atoms with van der Waals surface area (Å²) < 4.78 is 0. The smallest absolute Gasteiger partial charge is 0.0661 e. The Hall–Kier alpha value is -1.81. The fraction of sp³-hybridized carbons (Fsp3) is 0.400. The maximum Gasteiger partial charge on any atom is 0.0661 e. The first-order chi connectivity index (χ1) is 9.15. The van der Waals surface area contributed by atoms with Gasteiger partial charge in [0.2, 0.25) is 0 Å². The van der Waals surface area contributed by atoms with Crippen molar-refractivity contribution in [2.75, 3.05) is 17.7 Å². The fourth-order valence-electron chi connectivity index (χ4n) is 2.28. The molecule has 4 heteroatoms. The van der Waals surface area contributed by atoms with Crippen LogP contribution < -0.4 is 11.1 Å². The molecule has 0 amide bonds. The molecule has 0 fully saturated rings. The van der Waals surface area contributed by atoms with E-state index in [0.717, 1.165) is 29.3 Å². The highest BCUT2D eigenvalue weighted by atomic mass is 16.3. The third-order valence-electron chi connectivity index (χ3n) is 3.92. The lowest BCUT2D eigenvalue weighted by Crippen LogP contribution is -2.41. The van der Waals surface area contributed by atoms with E-state index in [4.69, 9.17) is 5.73 Å². The van der Waals surface area contributed by atoms with Crippen LogP contribution in [-0.4, -0.2) is 22.2 Å². The molecule has 0 aliphatic carbocycles. The van der Waals surface area contributed by atoms with Crippen molar-refractivity contribution in [3.8, 4) is 0 Å². The fourth-order valence-corrected chi connectivity index (χ4v) is 2.28. The van der Waals surface area contributed by atoms with Crippen LogP contribution in [0.15, 0.2) is 30.6 Å². The third-order valence-corrected chi connectivity index (χ3v) is 3.92. The number of nitrogens with two attached hydrogens (primary N) is 1. The first kappa shape index (κ1) is 13.6. The van der Waals surface area contributed by atoms with Gasteiger partial charge in [-0.05, 0) is 25.0 Å². The number of fused-ring (bicyclic) bond motifs is 1. The standard InChI is InChI=1S/C15H21N3O/c1-3-15(4-2,10-19)18-13-6-5-11-9-17-8-7-12(11)14(13)16/h5-9,18-19H,3-4,10,16H2,1-2H3. The zero-order chi connectivity index (χ0) is 13.9. The van der Waals surface area contributed by atoms with Crippen LogP contribution in [0.1, 0.15) is 26.7 Å². The van der Waals surface area contributed by atoms with Crippen LogP contribution in [0.3, 0.4) is 0 Å². The number of nitrogen functional groups attached to an aromatic ring is 1. The summed E-state index contributed by atoms with van der Waals surface area (Å²) in [5, 5.41) is 15.0. The summed E-state index contributed by atoms with van der Waals surface area (Å²) in [6.45, 7) is 4.22. The molecule has 0 aliphatic rings. The minimum atomic E-state index is -0.311. The Kier molecular flexibility index (Phi) is 3.90. The minimum absolute atomic E-state index is 0.0911. The zero-order valence-corrected chi connectivity index (χ0v) is 11.5. The van der Waals surface area contributed by atoms with E-state index < -0.39 is 0 Å². The summed E-state index contributed by atoms with van der Waals surface area (Å²) in [6.07, 6.45) is 5.22. The van der Waals surface area contributed by atoms with Crippen LogP contribution in [0, 0.1) is 0 Å². The Labute approximate surface area is 113 Å². The van der Waals surface area contributed by atoms with Gasteiger partial charge in [-0.2, -0.15) is 0 Å². The van der Waals surface area contributed by atoms with Gasteiger partial charge in [0.05, 0.1) is 23.5 Å². The number of aliphatic hydroxyl groups excluding tert-OH is 1. The molecule has 0 radical (unpaired) electrons. The first-order valence-corrected chi connectivity index (χ1v) is 6.67. The van der Waals surface area contributed by atoms with Gasteiger partial charge in [0.15, 0.2) is 0 Å². The van der Waals surface area contributed by atoms with Crippen molar-refractivity contribution in [1.29, 1.82) is 0 Å². The zero-order valence-electron chi connectivity index (χ0n) is 11.5. The van der Waals surface area contributed by atoms with Crippen LogP contribution in [0.5, 0.6) is 0 Å². The maximum absolute atomic E-state index is 9.63. The van der Waals surface area contributed by atoms with E-state index in [-0.39, 0.29) is 12.1 Å². The van der Waals surface area contributed by atoms with Crippen LogP contribution in [0.2, 0.25) is 0 Å². The molecule has 1 aromatic carbocycles. The highest BCUT2D eigenvalue weighted by Gasteiger charge is 2.25. The molecule has 2 aromatic rings. The molecule has 0 bridgehead atoms. The normalized spacial score (nSPS) is 11.7. The average Bonchev–Trinajstić information content (AvgIpc) is 2.48. The Balaban J connectivity index is 2.43. The Morgan fingerprint density at radius 1 is 1.26 bits per heavy atom. The van der Waals surface area contributed by atoms with Crippen molar-refractivity contribution >= 4 is 22.1 Å². The number of aromatic nitrogens is 1. The van der Waals surface area contributed by atoms with Gasteiger partial charge in [-0.1, -0.05) is 19.9 Å². The second-order valence-electron chi connectivity index (χ2n) is 4.89. The van der Waals surface area contributed by atoms with Crippen molar-refractivity contribution in [1.82, 2.24) is 4.98 Å². The molecule has 1 heterocycles. The van der Waals surface area contributed by atoms with E-state index in [9.17, 15) is 5.11 Å². The number of nitrogens with zero attached hydrogens (tertiary/aromatic N) is 1. The van der Waals surface area contributed by atoms with Crippen molar-refractivity contribution in [2.24, 2.45) is 0 Å². The predicted molar refractivity (Wildman–Crippen MR) is 80.2 cm³/mol. The quantitative estimate of drug-likeness (QED) is 0.722. The molecule has 0 aliphatic heterocycles. The molecule has 0 spiro atoms. The molecule has 1 aromatic heterocycles. The van der Waals surface area contributed by atoms with Crippen LogP contribution >= 0.6 is 0 Å². The van der Waals surface area contributed by atoms with Crippen molar-refractivity contribution < 1.29 is 5.11 Å². The summed E-state index contributed by atoms with van der Waals surface area (Å²) in [5.41, 5.74) is 7.49. The second-order valence-corrected chi connectivity index (χ2v) is 4.89. The van der Waals surface area contributed by atoms with Crippen molar-refractivity contribution in [3.63, 3.8) is 0 Å². The van der Waals surface area contributed by atoms with Crippen LogP contribution in [0.4, 0.5) is 11.4 Å². The topological polar surface area (TPSA) is 71.2 Å². The lowest BCUT2D eigenvalue weighted by molar-refractivity contribution is 0.202. The van der Waals surface area contributed by atoms with Gasteiger partial charge < -0.3 is 16.2 Å². The molecule has 0 saturated carbocycles. The number of hydrogen-bond donors (Lipinski definition) is 3. The van der Waals surface area contributed by atoms with Crippen molar-refractivity contribution in [2.45, 2.75) is 32.2 Å². The summed E-state index contributed by atoms with van der Waals surface area (Å²) in [4.78, 5) is 4.09. The van der Waals surface area contributed by atoms with Crippen LogP contribution in [-0.2, 0) is 0 Å². The molecule has 4 nitrogen and oxygen atoms in total. The number of anilines is 2. The number of rotatable bonds is 5. The molecule has 4 N–H and O–H groups in total. The Morgan fingerprint density at radius 2 is 2.00 bits per heavy atom. The van der Waals surface area contributed by atoms with E-state index in [1.807, 2.05) is 18.2 Å². The summed E-state index contributed by atoms with van der Waals surface area (Å²) >= 11 is 0. The third kappa shape index (κ3) is 2.49. The van der Waals surface area contributed by atoms with Gasteiger partial charge in [-0.3, -0.25) is 4.98 Å². The Bertz CT molecular complexity index is 556. The average molecular weight is 259 g/mol. The van der Waals surface area contributed by atoms with Gasteiger partial charge >= 0.3 is 0 Å². The molecule has 0 saturated heterocycles. The van der Waals surface area contributed by atoms with Gasteiger partial charge in [-0.25, -0.2) is 0 Å². The highest BCUT2D eigenvalue weighted by Crippen LogP contribution is 2.31. The minimum Gasteiger partial charge on any atom is -0.397 e. The van der Waals surface area contributed by atoms with Gasteiger partial charge in [0, 0.05) is 23.2 Å². The molecule has 0 atom stereocenters. The monoisotopic (exact) mass is 259 g/mol.